The highest BCUT2D eigenvalue weighted by Gasteiger charge is 2.34. The Balaban J connectivity index is 1.37. The zero-order valence-corrected chi connectivity index (χ0v) is 29.9. The van der Waals surface area contributed by atoms with Crippen molar-refractivity contribution >= 4 is 75.8 Å². The van der Waals surface area contributed by atoms with Gasteiger partial charge in [0.05, 0.1) is 22.5 Å². The number of carbonyl (C=O) groups excluding carboxylic acids is 2. The number of carbonyl (C=O) groups is 2. The van der Waals surface area contributed by atoms with Gasteiger partial charge in [-0.25, -0.2) is 5.09 Å². The molecule has 252 valence electrons. The third kappa shape index (κ3) is 7.37. The molecule has 1 aliphatic rings. The molecule has 6 aromatic rings. The van der Waals surface area contributed by atoms with Gasteiger partial charge in [0.15, 0.2) is 0 Å². The molecule has 12 heteroatoms. The van der Waals surface area contributed by atoms with Crippen molar-refractivity contribution in [2.24, 2.45) is 0 Å². The Morgan fingerprint density at radius 1 is 0.960 bits per heavy atom. The maximum Gasteiger partial charge on any atom is 0.323 e. The summed E-state index contributed by atoms with van der Waals surface area (Å²) in [5, 5.41) is 13.9. The summed E-state index contributed by atoms with van der Waals surface area (Å²) in [6.07, 6.45) is 7.19. The smallest absolute Gasteiger partial charge is 0.323 e. The van der Waals surface area contributed by atoms with Crippen molar-refractivity contribution in [1.82, 2.24) is 24.9 Å². The van der Waals surface area contributed by atoms with Gasteiger partial charge in [-0.3, -0.25) is 14.6 Å². The first-order valence-electron chi connectivity index (χ1n) is 16.2. The van der Waals surface area contributed by atoms with E-state index in [1.54, 1.807) is 30.7 Å². The number of nitrogens with zero attached hydrogens (tertiary/aromatic N) is 3. The molecule has 1 saturated carbocycles. The second-order valence-corrected chi connectivity index (χ2v) is 16.3. The van der Waals surface area contributed by atoms with Crippen LogP contribution in [0.2, 0.25) is 0 Å². The third-order valence-electron chi connectivity index (χ3n) is 8.09. The van der Waals surface area contributed by atoms with Gasteiger partial charge in [-0.1, -0.05) is 66.4 Å². The molecule has 2 atom stereocenters. The van der Waals surface area contributed by atoms with E-state index in [2.05, 4.69) is 15.4 Å². The minimum absolute atomic E-state index is 0.0605. The molecule has 1 fully saturated rings. The standard InChI is InChI=1S/C38H34N5O4PS2/c1-25(38(45)46-28-18-19-28)42-48(49,47-35-15-9-11-26-10-3-4-13-30(26)35)43-34-24-29(50-36-16-6-5-14-32(36)37(44)39-2)20-21-31(34)33(41-43)22-17-27-12-7-8-23-40-27/h3-17,20-25,28H,18-19H2,1-2H3,(H,39,44)(H,42,49)/b22-17+/t25-,48?/m0/s1. The van der Waals surface area contributed by atoms with Crippen molar-refractivity contribution in [2.45, 2.75) is 41.7 Å². The minimum Gasteiger partial charge on any atom is -0.461 e. The Bertz CT molecular complexity index is 2280. The van der Waals surface area contributed by atoms with Crippen molar-refractivity contribution in [3.05, 3.63) is 126 Å². The number of fused-ring (bicyclic) bond motifs is 2. The van der Waals surface area contributed by atoms with Crippen LogP contribution in [0.15, 0.2) is 119 Å². The second-order valence-electron chi connectivity index (χ2n) is 11.8. The quantitative estimate of drug-likeness (QED) is 0.0959. The molecule has 7 rings (SSSR count). The lowest BCUT2D eigenvalue weighted by atomic mass is 10.1. The fraction of sp³-hybridized carbons (Fsp3) is 0.158. The fourth-order valence-corrected chi connectivity index (χ4v) is 9.40. The van der Waals surface area contributed by atoms with Crippen LogP contribution in [0.4, 0.5) is 0 Å². The van der Waals surface area contributed by atoms with Crippen LogP contribution in [0, 0.1) is 0 Å². The zero-order valence-electron chi connectivity index (χ0n) is 27.4. The molecular weight excluding hydrogens is 686 g/mol. The summed E-state index contributed by atoms with van der Waals surface area (Å²) >= 11 is 7.94. The molecule has 1 unspecified atom stereocenters. The summed E-state index contributed by atoms with van der Waals surface area (Å²) in [7, 11) is 1.62. The average Bonchev–Trinajstić information content (AvgIpc) is 3.88. The van der Waals surface area contributed by atoms with Gasteiger partial charge in [0, 0.05) is 33.8 Å². The van der Waals surface area contributed by atoms with Crippen molar-refractivity contribution in [3.8, 4) is 5.75 Å². The number of benzene rings is 4. The molecule has 0 radical (unpaired) electrons. The van der Waals surface area contributed by atoms with Crippen LogP contribution in [-0.2, 0) is 21.3 Å². The van der Waals surface area contributed by atoms with Crippen LogP contribution in [-0.4, -0.2) is 45.6 Å². The number of aromatic nitrogens is 3. The number of ether oxygens (including phenoxy) is 1. The first-order valence-corrected chi connectivity index (χ1v) is 19.7. The minimum atomic E-state index is -3.42. The first-order chi connectivity index (χ1) is 24.3. The number of hydrogen-bond acceptors (Lipinski definition) is 8. The lowest BCUT2D eigenvalue weighted by Gasteiger charge is -2.28. The number of esters is 1. The summed E-state index contributed by atoms with van der Waals surface area (Å²) < 4.78 is 14.2. The lowest BCUT2D eigenvalue weighted by Crippen LogP contribution is -2.36. The molecule has 2 heterocycles. The van der Waals surface area contributed by atoms with Crippen molar-refractivity contribution < 1.29 is 18.8 Å². The summed E-state index contributed by atoms with van der Waals surface area (Å²) in [6, 6.07) is 32.1. The van der Waals surface area contributed by atoms with E-state index in [-0.39, 0.29) is 12.0 Å². The third-order valence-corrected chi connectivity index (χ3v) is 12.1. The molecule has 2 N–H and O–H groups in total. The van der Waals surface area contributed by atoms with E-state index in [1.165, 1.54) is 11.8 Å². The molecular formula is C38H34N5O4PS2. The zero-order chi connectivity index (χ0) is 34.7. The molecule has 1 aliphatic carbocycles. The van der Waals surface area contributed by atoms with Gasteiger partial charge >= 0.3 is 5.97 Å². The molecule has 2 aromatic heterocycles. The summed E-state index contributed by atoms with van der Waals surface area (Å²) in [5.41, 5.74) is 2.70. The van der Waals surface area contributed by atoms with Crippen molar-refractivity contribution in [3.63, 3.8) is 0 Å². The van der Waals surface area contributed by atoms with Crippen LogP contribution in [0.25, 0.3) is 33.8 Å². The van der Waals surface area contributed by atoms with E-state index >= 15 is 0 Å². The molecule has 50 heavy (non-hydrogen) atoms. The van der Waals surface area contributed by atoms with Crippen LogP contribution in [0.5, 0.6) is 5.75 Å². The van der Waals surface area contributed by atoms with Crippen LogP contribution < -0.4 is 14.9 Å². The van der Waals surface area contributed by atoms with Gasteiger partial charge < -0.3 is 14.6 Å². The van der Waals surface area contributed by atoms with Crippen molar-refractivity contribution in [1.29, 1.82) is 0 Å². The van der Waals surface area contributed by atoms with Gasteiger partial charge in [-0.05, 0) is 97.6 Å². The van der Waals surface area contributed by atoms with Crippen LogP contribution in [0.3, 0.4) is 0 Å². The highest BCUT2D eigenvalue weighted by atomic mass is 32.5. The molecule has 0 spiro atoms. The Morgan fingerprint density at radius 2 is 1.74 bits per heavy atom. The summed E-state index contributed by atoms with van der Waals surface area (Å²) in [5.74, 6) is 0.00871. The predicted molar refractivity (Wildman–Crippen MR) is 203 cm³/mol. The number of hydrogen-bond donors (Lipinski definition) is 2. The monoisotopic (exact) mass is 719 g/mol. The largest absolute Gasteiger partial charge is 0.461 e. The highest BCUT2D eigenvalue weighted by Crippen LogP contribution is 2.50. The number of nitrogens with one attached hydrogen (secondary N) is 2. The van der Waals surface area contributed by atoms with Gasteiger partial charge in [-0.15, -0.1) is 0 Å². The Hall–Kier alpha value is -4.80. The van der Waals surface area contributed by atoms with Crippen molar-refractivity contribution in [2.75, 3.05) is 7.05 Å². The SMILES string of the molecule is CNC(=O)c1ccccc1Sc1ccc2c(/C=C/c3ccccn3)nn(P(=S)(N[C@@H](C)C(=O)OC3CC3)Oc3cccc4ccccc34)c2c1. The summed E-state index contributed by atoms with van der Waals surface area (Å²) in [4.78, 5) is 32.0. The second kappa shape index (κ2) is 14.6. The van der Waals surface area contributed by atoms with E-state index in [0.29, 0.717) is 22.5 Å². The Morgan fingerprint density at radius 3 is 2.54 bits per heavy atom. The first kappa shape index (κ1) is 33.7. The summed E-state index contributed by atoms with van der Waals surface area (Å²) in [6.45, 7) is -1.68. The fourth-order valence-electron chi connectivity index (χ4n) is 5.41. The van der Waals surface area contributed by atoms with Gasteiger partial charge in [0.25, 0.3) is 12.5 Å². The average molecular weight is 720 g/mol. The van der Waals surface area contributed by atoms with E-state index in [9.17, 15) is 9.59 Å². The van der Waals surface area contributed by atoms with E-state index in [0.717, 1.165) is 44.5 Å². The Kier molecular flexibility index (Phi) is 9.83. The van der Waals surface area contributed by atoms with Gasteiger partial charge in [0.1, 0.15) is 17.9 Å². The number of amides is 1. The normalized spacial score (nSPS) is 14.8. The Labute approximate surface area is 299 Å². The number of pyridine rings is 1. The van der Waals surface area contributed by atoms with E-state index in [4.69, 9.17) is 26.2 Å². The predicted octanol–water partition coefficient (Wildman–Crippen LogP) is 8.10. The molecule has 0 bridgehead atoms. The van der Waals surface area contributed by atoms with E-state index < -0.39 is 18.6 Å². The van der Waals surface area contributed by atoms with Crippen LogP contribution in [0.1, 0.15) is 41.5 Å². The van der Waals surface area contributed by atoms with E-state index in [1.807, 2.05) is 109 Å². The molecule has 0 aliphatic heterocycles. The van der Waals surface area contributed by atoms with Gasteiger partial charge in [-0.2, -0.15) is 9.55 Å². The maximum atomic E-state index is 13.2. The molecule has 9 nitrogen and oxygen atoms in total. The highest BCUT2D eigenvalue weighted by molar-refractivity contribution is 8.10. The molecule has 0 saturated heterocycles. The molecule has 4 aromatic carbocycles. The van der Waals surface area contributed by atoms with Crippen LogP contribution >= 0.6 is 18.3 Å². The number of rotatable bonds is 12. The van der Waals surface area contributed by atoms with Gasteiger partial charge in [0.2, 0.25) is 0 Å². The molecule has 1 amide bonds. The topological polar surface area (TPSA) is 107 Å². The maximum absolute atomic E-state index is 13.2. The lowest BCUT2D eigenvalue weighted by molar-refractivity contribution is -0.146.